The van der Waals surface area contributed by atoms with Crippen molar-refractivity contribution in [3.63, 3.8) is 0 Å². The van der Waals surface area contributed by atoms with E-state index in [0.717, 1.165) is 16.2 Å². The molecular formula is C24H24ClFN4O4. The number of hydrogen-bond acceptors (Lipinski definition) is 4. The van der Waals surface area contributed by atoms with E-state index in [-0.39, 0.29) is 27.9 Å². The SMILES string of the molecule is CC(=O)N1CCN(C(=O)[C@H](C)n2c(=O)n(-c3ccc(F)c(Cl)c3)c(=O)c3cc(C)ccc32)CC1. The summed E-state index contributed by atoms with van der Waals surface area (Å²) in [6.07, 6.45) is 0. The van der Waals surface area contributed by atoms with E-state index in [2.05, 4.69) is 0 Å². The molecule has 0 spiro atoms. The summed E-state index contributed by atoms with van der Waals surface area (Å²) in [4.78, 5) is 55.2. The van der Waals surface area contributed by atoms with Gasteiger partial charge in [-0.05, 0) is 44.2 Å². The van der Waals surface area contributed by atoms with Crippen LogP contribution in [-0.4, -0.2) is 56.9 Å². The molecule has 4 rings (SSSR count). The quantitative estimate of drug-likeness (QED) is 0.569. The Labute approximate surface area is 199 Å². The van der Waals surface area contributed by atoms with E-state index in [1.807, 2.05) is 6.92 Å². The van der Waals surface area contributed by atoms with Gasteiger partial charge in [0.2, 0.25) is 11.8 Å². The maximum Gasteiger partial charge on any atom is 0.336 e. The van der Waals surface area contributed by atoms with Gasteiger partial charge < -0.3 is 9.80 Å². The number of carbonyl (C=O) groups excluding carboxylic acids is 2. The molecule has 0 radical (unpaired) electrons. The van der Waals surface area contributed by atoms with E-state index < -0.39 is 23.1 Å². The van der Waals surface area contributed by atoms with Crippen molar-refractivity contribution in [1.82, 2.24) is 18.9 Å². The van der Waals surface area contributed by atoms with E-state index in [9.17, 15) is 23.6 Å². The Balaban J connectivity index is 1.86. The highest BCUT2D eigenvalue weighted by molar-refractivity contribution is 6.30. The number of benzene rings is 2. The first-order valence-electron chi connectivity index (χ1n) is 10.9. The van der Waals surface area contributed by atoms with Crippen molar-refractivity contribution in [2.45, 2.75) is 26.8 Å². The highest BCUT2D eigenvalue weighted by Crippen LogP contribution is 2.21. The van der Waals surface area contributed by atoms with Gasteiger partial charge in [0, 0.05) is 33.1 Å². The number of halogens is 2. The largest absolute Gasteiger partial charge is 0.339 e. The van der Waals surface area contributed by atoms with Crippen LogP contribution in [0.4, 0.5) is 4.39 Å². The van der Waals surface area contributed by atoms with Crippen LogP contribution in [0, 0.1) is 12.7 Å². The van der Waals surface area contributed by atoms with Gasteiger partial charge in [0.1, 0.15) is 11.9 Å². The molecule has 34 heavy (non-hydrogen) atoms. The Bertz CT molecular complexity index is 1420. The van der Waals surface area contributed by atoms with Gasteiger partial charge in [0.05, 0.1) is 21.6 Å². The van der Waals surface area contributed by atoms with Crippen LogP contribution >= 0.6 is 11.6 Å². The van der Waals surface area contributed by atoms with Gasteiger partial charge in [-0.1, -0.05) is 23.2 Å². The lowest BCUT2D eigenvalue weighted by Crippen LogP contribution is -2.52. The zero-order valence-electron chi connectivity index (χ0n) is 19.0. The third kappa shape index (κ3) is 4.11. The van der Waals surface area contributed by atoms with Crippen LogP contribution in [0.25, 0.3) is 16.6 Å². The number of aromatic nitrogens is 2. The standard InChI is InChI=1S/C24H24ClFN4O4/c1-14-4-7-21-18(12-14)23(33)30(17-5-6-20(26)19(25)13-17)24(34)29(21)15(2)22(32)28-10-8-27(9-11-28)16(3)31/h4-7,12-13,15H,8-11H2,1-3H3/t15-/m0/s1. The van der Waals surface area contributed by atoms with Crippen LogP contribution in [0.5, 0.6) is 0 Å². The van der Waals surface area contributed by atoms with E-state index in [1.54, 1.807) is 34.9 Å². The number of fused-ring (bicyclic) bond motifs is 1. The summed E-state index contributed by atoms with van der Waals surface area (Å²) >= 11 is 5.91. The van der Waals surface area contributed by atoms with Crippen molar-refractivity contribution < 1.29 is 14.0 Å². The smallest absolute Gasteiger partial charge is 0.336 e. The lowest BCUT2D eigenvalue weighted by molar-refractivity contribution is -0.140. The molecule has 1 atom stereocenters. The Hall–Kier alpha value is -3.46. The Morgan fingerprint density at radius 3 is 2.26 bits per heavy atom. The molecule has 2 amide bonds. The minimum Gasteiger partial charge on any atom is -0.339 e. The highest BCUT2D eigenvalue weighted by atomic mass is 35.5. The number of carbonyl (C=O) groups is 2. The van der Waals surface area contributed by atoms with Crippen LogP contribution < -0.4 is 11.2 Å². The predicted octanol–water partition coefficient (Wildman–Crippen LogP) is 2.51. The minimum absolute atomic E-state index is 0.0530. The molecule has 8 nitrogen and oxygen atoms in total. The van der Waals surface area contributed by atoms with E-state index >= 15 is 0 Å². The molecular weight excluding hydrogens is 463 g/mol. The molecule has 2 heterocycles. The minimum atomic E-state index is -0.927. The van der Waals surface area contributed by atoms with Gasteiger partial charge in [-0.2, -0.15) is 0 Å². The first-order valence-corrected chi connectivity index (χ1v) is 11.3. The molecule has 0 N–H and O–H groups in total. The fourth-order valence-corrected chi connectivity index (χ4v) is 4.47. The fourth-order valence-electron chi connectivity index (χ4n) is 4.29. The summed E-state index contributed by atoms with van der Waals surface area (Å²) in [5, 5.41) is 0.0215. The molecule has 0 aliphatic carbocycles. The fraction of sp³-hybridized carbons (Fsp3) is 0.333. The number of aryl methyl sites for hydroxylation is 1. The van der Waals surface area contributed by atoms with E-state index in [4.69, 9.17) is 11.6 Å². The zero-order chi connectivity index (χ0) is 24.7. The third-order valence-corrected chi connectivity index (χ3v) is 6.47. The van der Waals surface area contributed by atoms with Gasteiger partial charge in [0.15, 0.2) is 0 Å². The molecule has 1 aliphatic heterocycles. The molecule has 178 valence electrons. The van der Waals surface area contributed by atoms with Crippen molar-refractivity contribution in [2.24, 2.45) is 0 Å². The van der Waals surface area contributed by atoms with Crippen LogP contribution in [0.15, 0.2) is 46.0 Å². The molecule has 1 aromatic heterocycles. The zero-order valence-corrected chi connectivity index (χ0v) is 19.8. The highest BCUT2D eigenvalue weighted by Gasteiger charge is 2.29. The summed E-state index contributed by atoms with van der Waals surface area (Å²) in [5.74, 6) is -1.03. The lowest BCUT2D eigenvalue weighted by atomic mass is 10.1. The van der Waals surface area contributed by atoms with Gasteiger partial charge in [-0.25, -0.2) is 13.8 Å². The van der Waals surface area contributed by atoms with Crippen LogP contribution in [0.3, 0.4) is 0 Å². The number of nitrogens with zero attached hydrogens (tertiary/aromatic N) is 4. The van der Waals surface area contributed by atoms with Gasteiger partial charge in [-0.15, -0.1) is 0 Å². The van der Waals surface area contributed by atoms with Gasteiger partial charge in [0.25, 0.3) is 5.56 Å². The molecule has 1 fully saturated rings. The molecule has 0 bridgehead atoms. The number of rotatable bonds is 3. The molecule has 2 aromatic carbocycles. The predicted molar refractivity (Wildman–Crippen MR) is 127 cm³/mol. The normalized spacial score (nSPS) is 15.0. The van der Waals surface area contributed by atoms with Gasteiger partial charge >= 0.3 is 5.69 Å². The monoisotopic (exact) mass is 486 g/mol. The average Bonchev–Trinajstić information content (AvgIpc) is 2.81. The van der Waals surface area contributed by atoms with Crippen LogP contribution in [-0.2, 0) is 9.59 Å². The summed E-state index contributed by atoms with van der Waals surface area (Å²) < 4.78 is 15.9. The average molecular weight is 487 g/mol. The molecule has 10 heteroatoms. The third-order valence-electron chi connectivity index (χ3n) is 6.19. The second-order valence-corrected chi connectivity index (χ2v) is 8.83. The van der Waals surface area contributed by atoms with Crippen molar-refractivity contribution in [1.29, 1.82) is 0 Å². The van der Waals surface area contributed by atoms with Crippen LogP contribution in [0.1, 0.15) is 25.5 Å². The first-order chi connectivity index (χ1) is 16.1. The second-order valence-electron chi connectivity index (χ2n) is 8.42. The molecule has 1 aliphatic rings. The van der Waals surface area contributed by atoms with Crippen molar-refractivity contribution >= 4 is 34.3 Å². The number of hydrogen-bond donors (Lipinski definition) is 0. The topological polar surface area (TPSA) is 84.6 Å². The Morgan fingerprint density at radius 1 is 1.00 bits per heavy atom. The van der Waals surface area contributed by atoms with E-state index in [0.29, 0.717) is 31.7 Å². The Morgan fingerprint density at radius 2 is 1.65 bits per heavy atom. The summed E-state index contributed by atoms with van der Waals surface area (Å²) in [7, 11) is 0. The summed E-state index contributed by atoms with van der Waals surface area (Å²) in [6.45, 7) is 6.43. The maximum atomic E-state index is 13.7. The molecule has 3 aromatic rings. The summed E-state index contributed by atoms with van der Waals surface area (Å²) in [5.41, 5.74) is -0.0797. The summed E-state index contributed by atoms with van der Waals surface area (Å²) in [6, 6.07) is 7.72. The maximum absolute atomic E-state index is 13.7. The molecule has 0 saturated carbocycles. The van der Waals surface area contributed by atoms with Crippen LogP contribution in [0.2, 0.25) is 5.02 Å². The second kappa shape index (κ2) is 9.06. The van der Waals surface area contributed by atoms with Crippen molar-refractivity contribution in [3.8, 4) is 5.69 Å². The first kappa shape index (κ1) is 23.7. The number of piperazine rings is 1. The van der Waals surface area contributed by atoms with Gasteiger partial charge in [-0.3, -0.25) is 19.0 Å². The molecule has 1 saturated heterocycles. The Kier molecular flexibility index (Phi) is 6.31. The molecule has 0 unspecified atom stereocenters. The lowest BCUT2D eigenvalue weighted by Gasteiger charge is -2.35. The van der Waals surface area contributed by atoms with Crippen molar-refractivity contribution in [3.05, 3.63) is 73.6 Å². The number of amides is 2. The van der Waals surface area contributed by atoms with E-state index in [1.165, 1.54) is 23.6 Å². The van der Waals surface area contributed by atoms with Crippen molar-refractivity contribution in [2.75, 3.05) is 26.2 Å².